The van der Waals surface area contributed by atoms with Crippen LogP contribution in [0, 0.1) is 5.41 Å². The molecule has 2 aliphatic rings. The van der Waals surface area contributed by atoms with Crippen molar-refractivity contribution in [2.24, 2.45) is 5.41 Å². The largest absolute Gasteiger partial charge is 0.396 e. The number of carbonyl (C=O) groups excluding carboxylic acids is 1. The summed E-state index contributed by atoms with van der Waals surface area (Å²) in [6, 6.07) is 6.78. The average Bonchev–Trinajstić information content (AvgIpc) is 3.08. The Hall–Kier alpha value is -1.48. The Bertz CT molecular complexity index is 774. The fourth-order valence-electron chi connectivity index (χ4n) is 3.96. The summed E-state index contributed by atoms with van der Waals surface area (Å²) in [7, 11) is -3.49. The van der Waals surface area contributed by atoms with Crippen LogP contribution < -0.4 is 5.32 Å². The molecule has 1 heterocycles. The summed E-state index contributed by atoms with van der Waals surface area (Å²) in [4.78, 5) is 12.6. The molecule has 28 heavy (non-hydrogen) atoms. The van der Waals surface area contributed by atoms with Crippen LogP contribution in [0.2, 0.25) is 0 Å². The quantitative estimate of drug-likeness (QED) is 0.707. The number of carbonyl (C=O) groups is 1. The van der Waals surface area contributed by atoms with Crippen LogP contribution in [0.25, 0.3) is 0 Å². The van der Waals surface area contributed by atoms with Gasteiger partial charge in [0.2, 0.25) is 15.9 Å². The highest BCUT2D eigenvalue weighted by Crippen LogP contribution is 2.37. The van der Waals surface area contributed by atoms with Crippen LogP contribution in [-0.4, -0.2) is 62.7 Å². The van der Waals surface area contributed by atoms with Crippen LogP contribution in [0.1, 0.15) is 38.2 Å². The van der Waals surface area contributed by atoms with Gasteiger partial charge in [0.15, 0.2) is 0 Å². The molecule has 3 rings (SSSR count). The van der Waals surface area contributed by atoms with Gasteiger partial charge in [-0.1, -0.05) is 25.5 Å². The Morgan fingerprint density at radius 2 is 1.96 bits per heavy atom. The molecule has 1 saturated heterocycles. The van der Waals surface area contributed by atoms with Crippen molar-refractivity contribution < 1.29 is 23.1 Å². The Kier molecular flexibility index (Phi) is 6.75. The lowest BCUT2D eigenvalue weighted by molar-refractivity contribution is -0.122. The van der Waals surface area contributed by atoms with Gasteiger partial charge in [-0.15, -0.1) is 0 Å². The Morgan fingerprint density at radius 3 is 2.61 bits per heavy atom. The molecule has 1 saturated carbocycles. The van der Waals surface area contributed by atoms with Gasteiger partial charge in [-0.05, 0) is 37.0 Å². The number of nitrogens with one attached hydrogen (secondary N) is 1. The third kappa shape index (κ3) is 4.74. The van der Waals surface area contributed by atoms with E-state index in [9.17, 15) is 18.3 Å². The molecule has 1 aromatic carbocycles. The zero-order valence-electron chi connectivity index (χ0n) is 16.4. The van der Waals surface area contributed by atoms with E-state index in [1.807, 2.05) is 6.92 Å². The minimum Gasteiger partial charge on any atom is -0.396 e. The Labute approximate surface area is 167 Å². The van der Waals surface area contributed by atoms with E-state index in [4.69, 9.17) is 4.74 Å². The summed E-state index contributed by atoms with van der Waals surface area (Å²) in [5.41, 5.74) is 0.693. The summed E-state index contributed by atoms with van der Waals surface area (Å²) in [6.45, 7) is 3.68. The van der Waals surface area contributed by atoms with E-state index < -0.39 is 10.0 Å². The second kappa shape index (κ2) is 8.90. The van der Waals surface area contributed by atoms with Gasteiger partial charge >= 0.3 is 0 Å². The smallest absolute Gasteiger partial charge is 0.243 e. The van der Waals surface area contributed by atoms with Gasteiger partial charge in [-0.3, -0.25) is 4.79 Å². The summed E-state index contributed by atoms with van der Waals surface area (Å²) in [5.74, 6) is -0.0309. The molecule has 0 aromatic heterocycles. The first-order chi connectivity index (χ1) is 13.3. The second-order valence-electron chi connectivity index (χ2n) is 7.98. The van der Waals surface area contributed by atoms with Crippen molar-refractivity contribution in [1.29, 1.82) is 0 Å². The monoisotopic (exact) mass is 410 g/mol. The van der Waals surface area contributed by atoms with Gasteiger partial charge in [0.05, 0.1) is 24.7 Å². The van der Waals surface area contributed by atoms with E-state index in [0.717, 1.165) is 24.8 Å². The molecule has 1 aliphatic heterocycles. The van der Waals surface area contributed by atoms with Crippen molar-refractivity contribution in [3.63, 3.8) is 0 Å². The number of aliphatic hydroxyl groups is 1. The van der Waals surface area contributed by atoms with E-state index in [2.05, 4.69) is 5.32 Å². The van der Waals surface area contributed by atoms with E-state index in [0.29, 0.717) is 39.1 Å². The van der Waals surface area contributed by atoms with Gasteiger partial charge in [-0.2, -0.15) is 4.31 Å². The van der Waals surface area contributed by atoms with Gasteiger partial charge < -0.3 is 15.2 Å². The lowest BCUT2D eigenvalue weighted by Gasteiger charge is -2.30. The first kappa shape index (κ1) is 21.2. The summed E-state index contributed by atoms with van der Waals surface area (Å²) < 4.78 is 31.9. The summed E-state index contributed by atoms with van der Waals surface area (Å²) in [5, 5.41) is 12.6. The van der Waals surface area contributed by atoms with Crippen LogP contribution in [-0.2, 0) is 26.0 Å². The highest BCUT2D eigenvalue weighted by Gasteiger charge is 2.38. The number of benzene rings is 1. The number of morpholine rings is 1. The SMILES string of the molecule is C[C@@]1(CO)CCC[C@H]1NC(=O)CCc1ccc(S(=O)(=O)N2CCOCC2)cc1. The van der Waals surface area contributed by atoms with Crippen molar-refractivity contribution in [1.82, 2.24) is 9.62 Å². The zero-order chi connectivity index (χ0) is 20.2. The number of sulfonamides is 1. The first-order valence-electron chi connectivity index (χ1n) is 9.92. The molecule has 8 heteroatoms. The van der Waals surface area contributed by atoms with E-state index in [1.54, 1.807) is 24.3 Å². The molecule has 1 amide bonds. The van der Waals surface area contributed by atoms with Crippen LogP contribution in [0.5, 0.6) is 0 Å². The maximum absolute atomic E-state index is 12.6. The standard InChI is InChI=1S/C20H30N2O5S/c1-20(15-23)10-2-3-18(20)21-19(24)9-6-16-4-7-17(8-5-16)28(25,26)22-11-13-27-14-12-22/h4-5,7-8,18,23H,2-3,6,9-15H2,1H3,(H,21,24)/t18-,20+/m1/s1. The molecular formula is C20H30N2O5S. The summed E-state index contributed by atoms with van der Waals surface area (Å²) in [6.07, 6.45) is 3.73. The second-order valence-corrected chi connectivity index (χ2v) is 9.92. The number of nitrogens with zero attached hydrogens (tertiary/aromatic N) is 1. The Balaban J connectivity index is 1.54. The molecule has 0 spiro atoms. The number of amides is 1. The predicted octanol–water partition coefficient (Wildman–Crippen LogP) is 1.31. The molecule has 7 nitrogen and oxygen atoms in total. The van der Waals surface area contributed by atoms with Gasteiger partial charge in [-0.25, -0.2) is 8.42 Å². The van der Waals surface area contributed by atoms with Gasteiger partial charge in [0, 0.05) is 31.0 Å². The van der Waals surface area contributed by atoms with Crippen LogP contribution in [0.3, 0.4) is 0 Å². The third-order valence-electron chi connectivity index (χ3n) is 5.95. The highest BCUT2D eigenvalue weighted by atomic mass is 32.2. The van der Waals surface area contributed by atoms with Crippen molar-refractivity contribution in [3.8, 4) is 0 Å². The number of ether oxygens (including phenoxy) is 1. The fraction of sp³-hybridized carbons (Fsp3) is 0.650. The van der Waals surface area contributed by atoms with Gasteiger partial charge in [0.25, 0.3) is 0 Å². The van der Waals surface area contributed by atoms with Crippen molar-refractivity contribution in [2.75, 3.05) is 32.9 Å². The number of rotatable bonds is 7. The highest BCUT2D eigenvalue weighted by molar-refractivity contribution is 7.89. The Morgan fingerprint density at radius 1 is 1.29 bits per heavy atom. The van der Waals surface area contributed by atoms with Crippen molar-refractivity contribution in [2.45, 2.75) is 50.0 Å². The van der Waals surface area contributed by atoms with Crippen LogP contribution in [0.15, 0.2) is 29.2 Å². The first-order valence-corrected chi connectivity index (χ1v) is 11.4. The molecule has 0 bridgehead atoms. The fourth-order valence-corrected chi connectivity index (χ4v) is 5.36. The van der Waals surface area contributed by atoms with Crippen molar-refractivity contribution >= 4 is 15.9 Å². The molecule has 156 valence electrons. The normalized spacial score (nSPS) is 26.3. The number of aliphatic hydroxyl groups excluding tert-OH is 1. The number of hydrogen-bond donors (Lipinski definition) is 2. The van der Waals surface area contributed by atoms with E-state index in [1.165, 1.54) is 4.31 Å². The average molecular weight is 411 g/mol. The summed E-state index contributed by atoms with van der Waals surface area (Å²) >= 11 is 0. The molecule has 1 aromatic rings. The predicted molar refractivity (Wildman–Crippen MR) is 105 cm³/mol. The maximum Gasteiger partial charge on any atom is 0.243 e. The minimum absolute atomic E-state index is 0.0195. The lowest BCUT2D eigenvalue weighted by Crippen LogP contribution is -2.44. The molecule has 2 fully saturated rings. The van der Waals surface area contributed by atoms with Crippen LogP contribution >= 0.6 is 0 Å². The number of hydrogen-bond acceptors (Lipinski definition) is 5. The molecule has 0 radical (unpaired) electrons. The zero-order valence-corrected chi connectivity index (χ0v) is 17.2. The van der Waals surface area contributed by atoms with E-state index in [-0.39, 0.29) is 28.9 Å². The molecule has 0 unspecified atom stereocenters. The molecule has 2 atom stereocenters. The minimum atomic E-state index is -3.49. The topological polar surface area (TPSA) is 95.9 Å². The molecule has 1 aliphatic carbocycles. The third-order valence-corrected chi connectivity index (χ3v) is 7.86. The van der Waals surface area contributed by atoms with E-state index >= 15 is 0 Å². The van der Waals surface area contributed by atoms with Gasteiger partial charge in [0.1, 0.15) is 0 Å². The number of aryl methyl sites for hydroxylation is 1. The molecule has 2 N–H and O–H groups in total. The molecular weight excluding hydrogens is 380 g/mol. The van der Waals surface area contributed by atoms with Crippen molar-refractivity contribution in [3.05, 3.63) is 29.8 Å². The van der Waals surface area contributed by atoms with Crippen LogP contribution in [0.4, 0.5) is 0 Å². The maximum atomic E-state index is 12.6. The lowest BCUT2D eigenvalue weighted by atomic mass is 9.85.